The van der Waals surface area contributed by atoms with Crippen molar-refractivity contribution in [2.45, 2.75) is 32.1 Å². The Hall–Kier alpha value is -2.09. The second-order valence-electron chi connectivity index (χ2n) is 5.09. The average molecular weight is 257 g/mol. The van der Waals surface area contributed by atoms with Crippen LogP contribution in [-0.2, 0) is 17.6 Å². The topological polar surface area (TPSA) is 66.1 Å². The Balaban J connectivity index is 1.98. The van der Waals surface area contributed by atoms with E-state index >= 15 is 0 Å². The molecule has 0 aromatic carbocycles. The molecule has 0 saturated carbocycles. The summed E-state index contributed by atoms with van der Waals surface area (Å²) in [5, 5.41) is 0. The van der Waals surface area contributed by atoms with E-state index in [4.69, 9.17) is 6.42 Å². The summed E-state index contributed by atoms with van der Waals surface area (Å²) in [6, 6.07) is 0. The van der Waals surface area contributed by atoms with E-state index in [9.17, 15) is 9.59 Å². The molecule has 1 aliphatic carbocycles. The summed E-state index contributed by atoms with van der Waals surface area (Å²) in [6.07, 6.45) is 9.35. The third kappa shape index (κ3) is 2.03. The molecule has 0 bridgehead atoms. The number of carbonyl (C=O) groups is 1. The third-order valence-electron chi connectivity index (χ3n) is 3.80. The van der Waals surface area contributed by atoms with Gasteiger partial charge in [0.05, 0.1) is 5.69 Å². The van der Waals surface area contributed by atoms with Crippen LogP contribution < -0.4 is 10.5 Å². The standard InChI is InChI=1S/C14H15N3O2/c1-2-9-7-12(18)17(8-9)14-15-11-6-4-3-5-10(11)13(19)16-14/h1,9H,3-8H2,(H,15,16,19). The number of nitrogens with zero attached hydrogens (tertiary/aromatic N) is 2. The third-order valence-corrected chi connectivity index (χ3v) is 3.80. The lowest BCUT2D eigenvalue weighted by molar-refractivity contribution is -0.117. The van der Waals surface area contributed by atoms with Gasteiger partial charge in [0.2, 0.25) is 11.9 Å². The molecule has 1 saturated heterocycles. The van der Waals surface area contributed by atoms with Crippen molar-refractivity contribution in [1.82, 2.24) is 9.97 Å². The van der Waals surface area contributed by atoms with Gasteiger partial charge in [-0.25, -0.2) is 4.98 Å². The molecular formula is C14H15N3O2. The molecule has 1 aromatic heterocycles. The molecule has 5 nitrogen and oxygen atoms in total. The lowest BCUT2D eigenvalue weighted by atomic mass is 9.97. The molecule has 1 unspecified atom stereocenters. The van der Waals surface area contributed by atoms with E-state index in [-0.39, 0.29) is 17.4 Å². The zero-order valence-electron chi connectivity index (χ0n) is 10.6. The molecule has 0 radical (unpaired) electrons. The summed E-state index contributed by atoms with van der Waals surface area (Å²) >= 11 is 0. The smallest absolute Gasteiger partial charge is 0.255 e. The molecule has 1 atom stereocenters. The van der Waals surface area contributed by atoms with Crippen LogP contribution in [0.25, 0.3) is 0 Å². The number of hydrogen-bond acceptors (Lipinski definition) is 3. The highest BCUT2D eigenvalue weighted by molar-refractivity contribution is 5.94. The number of terminal acetylenes is 1. The van der Waals surface area contributed by atoms with E-state index in [2.05, 4.69) is 15.9 Å². The Kier molecular flexibility index (Phi) is 2.86. The molecule has 0 spiro atoms. The van der Waals surface area contributed by atoms with Crippen LogP contribution in [0, 0.1) is 18.3 Å². The summed E-state index contributed by atoms with van der Waals surface area (Å²) in [5.41, 5.74) is 1.49. The van der Waals surface area contributed by atoms with Gasteiger partial charge in [0.15, 0.2) is 0 Å². The van der Waals surface area contributed by atoms with Gasteiger partial charge in [0, 0.05) is 24.4 Å². The van der Waals surface area contributed by atoms with Gasteiger partial charge in [-0.3, -0.25) is 19.5 Å². The fraction of sp³-hybridized carbons (Fsp3) is 0.500. The van der Waals surface area contributed by atoms with Gasteiger partial charge in [-0.1, -0.05) is 0 Å². The predicted octanol–water partition coefficient (Wildman–Crippen LogP) is 0.635. The number of amides is 1. The summed E-state index contributed by atoms with van der Waals surface area (Å²) in [4.78, 5) is 32.6. The van der Waals surface area contributed by atoms with Crippen LogP contribution in [0.2, 0.25) is 0 Å². The molecule has 1 aliphatic heterocycles. The number of rotatable bonds is 1. The van der Waals surface area contributed by atoms with Crippen LogP contribution in [0.15, 0.2) is 4.79 Å². The van der Waals surface area contributed by atoms with Crippen molar-refractivity contribution >= 4 is 11.9 Å². The maximum atomic E-state index is 12.0. The van der Waals surface area contributed by atoms with Gasteiger partial charge < -0.3 is 0 Å². The number of nitrogens with one attached hydrogen (secondary N) is 1. The highest BCUT2D eigenvalue weighted by Crippen LogP contribution is 2.23. The SMILES string of the molecule is C#CC1CC(=O)N(c2nc3c(c(=O)[nH]2)CCCC3)C1. The largest absolute Gasteiger partial charge is 0.292 e. The fourth-order valence-electron chi connectivity index (χ4n) is 2.74. The van der Waals surface area contributed by atoms with E-state index in [1.54, 1.807) is 0 Å². The Morgan fingerprint density at radius 2 is 2.11 bits per heavy atom. The number of H-pyrrole nitrogens is 1. The zero-order chi connectivity index (χ0) is 13.4. The zero-order valence-corrected chi connectivity index (χ0v) is 10.6. The number of anilines is 1. The first-order chi connectivity index (χ1) is 9.19. The van der Waals surface area contributed by atoms with E-state index in [1.165, 1.54) is 4.90 Å². The predicted molar refractivity (Wildman–Crippen MR) is 70.8 cm³/mol. The van der Waals surface area contributed by atoms with Crippen molar-refractivity contribution in [2.75, 3.05) is 11.4 Å². The Bertz CT molecular complexity index is 627. The highest BCUT2D eigenvalue weighted by atomic mass is 16.2. The number of aromatic nitrogens is 2. The summed E-state index contributed by atoms with van der Waals surface area (Å²) < 4.78 is 0. The molecule has 1 aromatic rings. The van der Waals surface area contributed by atoms with E-state index in [0.717, 1.165) is 36.9 Å². The lowest BCUT2D eigenvalue weighted by Crippen LogP contribution is -2.31. The van der Waals surface area contributed by atoms with Crippen molar-refractivity contribution in [3.8, 4) is 12.3 Å². The van der Waals surface area contributed by atoms with Crippen molar-refractivity contribution < 1.29 is 4.79 Å². The Labute approximate surface area is 111 Å². The molecule has 1 N–H and O–H groups in total. The van der Waals surface area contributed by atoms with Gasteiger partial charge >= 0.3 is 0 Å². The van der Waals surface area contributed by atoms with Crippen molar-refractivity contribution in [1.29, 1.82) is 0 Å². The molecule has 98 valence electrons. The van der Waals surface area contributed by atoms with Gasteiger partial charge in [0.25, 0.3) is 5.56 Å². The fourth-order valence-corrected chi connectivity index (χ4v) is 2.74. The molecule has 2 aliphatic rings. The van der Waals surface area contributed by atoms with Crippen LogP contribution in [0.3, 0.4) is 0 Å². The maximum Gasteiger partial charge on any atom is 0.255 e. The first-order valence-electron chi connectivity index (χ1n) is 6.57. The number of aromatic amines is 1. The average Bonchev–Trinajstić information content (AvgIpc) is 2.80. The summed E-state index contributed by atoms with van der Waals surface area (Å²) in [6.45, 7) is 0.442. The molecule has 1 fully saturated rings. The van der Waals surface area contributed by atoms with Crippen molar-refractivity contribution in [2.24, 2.45) is 5.92 Å². The van der Waals surface area contributed by atoms with Gasteiger partial charge in [-0.05, 0) is 25.7 Å². The van der Waals surface area contributed by atoms with Crippen LogP contribution in [0.1, 0.15) is 30.5 Å². The second kappa shape index (κ2) is 4.54. The first kappa shape index (κ1) is 12.0. The molecule has 19 heavy (non-hydrogen) atoms. The Morgan fingerprint density at radius 3 is 2.84 bits per heavy atom. The molecular weight excluding hydrogens is 242 g/mol. The van der Waals surface area contributed by atoms with Gasteiger partial charge in [-0.15, -0.1) is 12.3 Å². The van der Waals surface area contributed by atoms with Gasteiger partial charge in [0.1, 0.15) is 0 Å². The monoisotopic (exact) mass is 257 g/mol. The molecule has 3 rings (SSSR count). The minimum Gasteiger partial charge on any atom is -0.292 e. The summed E-state index contributed by atoms with van der Waals surface area (Å²) in [7, 11) is 0. The van der Waals surface area contributed by atoms with Gasteiger partial charge in [-0.2, -0.15) is 0 Å². The van der Waals surface area contributed by atoms with Crippen LogP contribution in [0.5, 0.6) is 0 Å². The second-order valence-corrected chi connectivity index (χ2v) is 5.09. The maximum absolute atomic E-state index is 12.0. The Morgan fingerprint density at radius 1 is 1.32 bits per heavy atom. The van der Waals surface area contributed by atoms with E-state index < -0.39 is 0 Å². The van der Waals surface area contributed by atoms with E-state index in [1.807, 2.05) is 0 Å². The van der Waals surface area contributed by atoms with Crippen molar-refractivity contribution in [3.63, 3.8) is 0 Å². The quantitative estimate of drug-likeness (QED) is 0.751. The molecule has 5 heteroatoms. The number of carbonyl (C=O) groups excluding carboxylic acids is 1. The number of hydrogen-bond donors (Lipinski definition) is 1. The molecule has 1 amide bonds. The summed E-state index contributed by atoms with van der Waals surface area (Å²) in [5.74, 6) is 2.79. The minimum atomic E-state index is -0.114. The lowest BCUT2D eigenvalue weighted by Gasteiger charge is -2.19. The van der Waals surface area contributed by atoms with Crippen LogP contribution >= 0.6 is 0 Å². The highest BCUT2D eigenvalue weighted by Gasteiger charge is 2.31. The number of fused-ring (bicyclic) bond motifs is 1. The minimum absolute atomic E-state index is 0.0677. The van der Waals surface area contributed by atoms with Crippen LogP contribution in [0.4, 0.5) is 5.95 Å². The normalized spacial score (nSPS) is 22.2. The van der Waals surface area contributed by atoms with E-state index in [0.29, 0.717) is 18.9 Å². The molecule has 2 heterocycles. The van der Waals surface area contributed by atoms with Crippen LogP contribution in [-0.4, -0.2) is 22.4 Å². The first-order valence-corrected chi connectivity index (χ1v) is 6.57. The number of aryl methyl sites for hydroxylation is 1. The van der Waals surface area contributed by atoms with Crippen molar-refractivity contribution in [3.05, 3.63) is 21.6 Å².